The molecular formula is C33H29N. The Bertz CT molecular complexity index is 1580. The van der Waals surface area contributed by atoms with Crippen LogP contribution >= 0.6 is 0 Å². The third-order valence-corrected chi connectivity index (χ3v) is 7.52. The third kappa shape index (κ3) is 2.97. The van der Waals surface area contributed by atoms with E-state index in [1.807, 2.05) is 6.20 Å². The van der Waals surface area contributed by atoms with Gasteiger partial charge in [0.15, 0.2) is 0 Å². The number of rotatable bonds is 2. The van der Waals surface area contributed by atoms with Crippen LogP contribution in [0.5, 0.6) is 0 Å². The highest BCUT2D eigenvalue weighted by molar-refractivity contribution is 5.99. The molecule has 0 aliphatic heterocycles. The topological polar surface area (TPSA) is 12.9 Å². The molecule has 0 N–H and O–H groups in total. The van der Waals surface area contributed by atoms with Crippen molar-refractivity contribution in [2.45, 2.75) is 40.0 Å². The minimum atomic E-state index is -0.138. The maximum atomic E-state index is 4.97. The first-order valence-electron chi connectivity index (χ1n) is 12.1. The molecule has 0 atom stereocenters. The van der Waals surface area contributed by atoms with E-state index >= 15 is 0 Å². The Balaban J connectivity index is 1.57. The number of hydrogen-bond acceptors (Lipinski definition) is 1. The highest BCUT2D eigenvalue weighted by Gasteiger charge is 2.39. The molecule has 0 spiro atoms. The number of aromatic nitrogens is 1. The van der Waals surface area contributed by atoms with Gasteiger partial charge >= 0.3 is 0 Å². The molecule has 0 saturated heterocycles. The first kappa shape index (κ1) is 20.9. The van der Waals surface area contributed by atoms with E-state index in [0.29, 0.717) is 0 Å². The van der Waals surface area contributed by atoms with E-state index in [1.54, 1.807) is 0 Å². The van der Waals surface area contributed by atoms with Gasteiger partial charge in [-0.1, -0.05) is 86.1 Å². The molecule has 0 fully saturated rings. The van der Waals surface area contributed by atoms with Crippen LogP contribution < -0.4 is 0 Å². The molecule has 1 nitrogen and oxygen atoms in total. The first-order valence-corrected chi connectivity index (χ1v) is 12.1. The number of fused-ring (bicyclic) bond motifs is 5. The molecule has 5 aromatic rings. The van der Waals surface area contributed by atoms with E-state index in [2.05, 4.69) is 113 Å². The van der Waals surface area contributed by atoms with Gasteiger partial charge in [0.05, 0.1) is 5.69 Å². The van der Waals surface area contributed by atoms with Gasteiger partial charge in [-0.05, 0) is 88.2 Å². The molecule has 0 radical (unpaired) electrons. The van der Waals surface area contributed by atoms with Crippen molar-refractivity contribution in [3.8, 4) is 33.5 Å². The molecule has 1 aliphatic rings. The van der Waals surface area contributed by atoms with Gasteiger partial charge in [0, 0.05) is 17.2 Å². The maximum absolute atomic E-state index is 4.97. The van der Waals surface area contributed by atoms with E-state index in [0.717, 1.165) is 5.69 Å². The normalized spacial score (nSPS) is 13.7. The smallest absolute Gasteiger partial charge is 0.0749 e. The van der Waals surface area contributed by atoms with Crippen LogP contribution in [0, 0.1) is 20.8 Å². The molecule has 6 rings (SSSR count). The standard InChI is InChI=1S/C33H29N/c1-20-17-21(2)29(22(3)18-20)24-10-8-11-25(19-24)32-31-28(15-16-34-32)27-14-13-23-9-6-7-12-26(23)30(27)33(31,4)5/h6-19H,1-5H3. The lowest BCUT2D eigenvalue weighted by atomic mass is 9.78. The second-order valence-electron chi connectivity index (χ2n) is 10.3. The summed E-state index contributed by atoms with van der Waals surface area (Å²) in [5, 5.41) is 2.63. The van der Waals surface area contributed by atoms with Crippen molar-refractivity contribution >= 4 is 10.8 Å². The van der Waals surface area contributed by atoms with Crippen molar-refractivity contribution in [2.75, 3.05) is 0 Å². The molecule has 166 valence electrons. The van der Waals surface area contributed by atoms with Gasteiger partial charge in [0.25, 0.3) is 0 Å². The van der Waals surface area contributed by atoms with Crippen LogP contribution in [0.4, 0.5) is 0 Å². The molecule has 1 aliphatic carbocycles. The van der Waals surface area contributed by atoms with Gasteiger partial charge < -0.3 is 0 Å². The summed E-state index contributed by atoms with van der Waals surface area (Å²) in [5.74, 6) is 0. The maximum Gasteiger partial charge on any atom is 0.0749 e. The number of nitrogens with zero attached hydrogens (tertiary/aromatic N) is 1. The molecule has 0 saturated carbocycles. The number of aryl methyl sites for hydroxylation is 3. The van der Waals surface area contributed by atoms with Gasteiger partial charge in [0.2, 0.25) is 0 Å². The van der Waals surface area contributed by atoms with Crippen LogP contribution in [0.2, 0.25) is 0 Å². The highest BCUT2D eigenvalue weighted by atomic mass is 14.7. The molecule has 1 heterocycles. The Kier molecular flexibility index (Phi) is 4.54. The average molecular weight is 440 g/mol. The zero-order valence-electron chi connectivity index (χ0n) is 20.5. The molecule has 0 amide bonds. The number of pyridine rings is 1. The third-order valence-electron chi connectivity index (χ3n) is 7.52. The Labute approximate surface area is 202 Å². The minimum absolute atomic E-state index is 0.138. The Morgan fingerprint density at radius 1 is 0.647 bits per heavy atom. The van der Waals surface area contributed by atoms with Crippen LogP contribution in [-0.2, 0) is 5.41 Å². The van der Waals surface area contributed by atoms with Gasteiger partial charge in [-0.25, -0.2) is 0 Å². The summed E-state index contributed by atoms with van der Waals surface area (Å²) in [6.45, 7) is 11.3. The fraction of sp³-hybridized carbons (Fsp3) is 0.182. The van der Waals surface area contributed by atoms with E-state index in [-0.39, 0.29) is 5.41 Å². The second-order valence-corrected chi connectivity index (χ2v) is 10.3. The van der Waals surface area contributed by atoms with E-state index < -0.39 is 0 Å². The summed E-state index contributed by atoms with van der Waals surface area (Å²) in [5.41, 5.74) is 14.1. The van der Waals surface area contributed by atoms with Crippen LogP contribution in [0.3, 0.4) is 0 Å². The SMILES string of the molecule is Cc1cc(C)c(-c2cccc(-c3nccc4c3C(C)(C)c3c-4ccc4ccccc34)c2)c(C)c1. The van der Waals surface area contributed by atoms with E-state index in [4.69, 9.17) is 4.98 Å². The van der Waals surface area contributed by atoms with E-state index in [9.17, 15) is 0 Å². The Morgan fingerprint density at radius 2 is 1.35 bits per heavy atom. The van der Waals surface area contributed by atoms with Gasteiger partial charge in [0.1, 0.15) is 0 Å². The fourth-order valence-corrected chi connectivity index (χ4v) is 6.29. The summed E-state index contributed by atoms with van der Waals surface area (Å²) in [4.78, 5) is 4.97. The molecule has 1 heteroatoms. The summed E-state index contributed by atoms with van der Waals surface area (Å²) in [6, 6.07) is 29.0. The summed E-state index contributed by atoms with van der Waals surface area (Å²) in [6.07, 6.45) is 1.98. The quantitative estimate of drug-likeness (QED) is 0.268. The molecule has 1 aromatic heterocycles. The van der Waals surface area contributed by atoms with E-state index in [1.165, 1.54) is 66.4 Å². The predicted octanol–water partition coefficient (Wildman–Crippen LogP) is 8.80. The van der Waals surface area contributed by atoms with Crippen LogP contribution in [-0.4, -0.2) is 4.98 Å². The minimum Gasteiger partial charge on any atom is -0.256 e. The van der Waals surface area contributed by atoms with Crippen LogP contribution in [0.15, 0.2) is 85.1 Å². The Hall–Kier alpha value is -3.71. The van der Waals surface area contributed by atoms with Crippen molar-refractivity contribution in [1.29, 1.82) is 0 Å². The summed E-state index contributed by atoms with van der Waals surface area (Å²) < 4.78 is 0. The largest absolute Gasteiger partial charge is 0.256 e. The Morgan fingerprint density at radius 3 is 2.15 bits per heavy atom. The zero-order chi connectivity index (χ0) is 23.6. The van der Waals surface area contributed by atoms with Crippen molar-refractivity contribution in [2.24, 2.45) is 0 Å². The van der Waals surface area contributed by atoms with Gasteiger partial charge in [-0.15, -0.1) is 0 Å². The van der Waals surface area contributed by atoms with Crippen LogP contribution in [0.25, 0.3) is 44.3 Å². The highest BCUT2D eigenvalue weighted by Crippen LogP contribution is 2.53. The van der Waals surface area contributed by atoms with Crippen LogP contribution in [0.1, 0.15) is 41.7 Å². The monoisotopic (exact) mass is 439 g/mol. The summed E-state index contributed by atoms with van der Waals surface area (Å²) in [7, 11) is 0. The molecule has 0 unspecified atom stereocenters. The summed E-state index contributed by atoms with van der Waals surface area (Å²) >= 11 is 0. The number of hydrogen-bond donors (Lipinski definition) is 0. The second kappa shape index (κ2) is 7.40. The van der Waals surface area contributed by atoms with Crippen molar-refractivity contribution < 1.29 is 0 Å². The lowest BCUT2D eigenvalue weighted by molar-refractivity contribution is 0.665. The number of benzene rings is 4. The molecule has 4 aromatic carbocycles. The average Bonchev–Trinajstić information content (AvgIpc) is 3.06. The van der Waals surface area contributed by atoms with Crippen molar-refractivity contribution in [1.82, 2.24) is 4.98 Å². The fourth-order valence-electron chi connectivity index (χ4n) is 6.29. The van der Waals surface area contributed by atoms with Gasteiger partial charge in [-0.3, -0.25) is 4.98 Å². The van der Waals surface area contributed by atoms with Crippen molar-refractivity contribution in [3.05, 3.63) is 113 Å². The lowest BCUT2D eigenvalue weighted by Crippen LogP contribution is -2.17. The molecular weight excluding hydrogens is 410 g/mol. The lowest BCUT2D eigenvalue weighted by Gasteiger charge is -2.25. The van der Waals surface area contributed by atoms with Gasteiger partial charge in [-0.2, -0.15) is 0 Å². The first-order chi connectivity index (χ1) is 16.4. The van der Waals surface area contributed by atoms with Crippen molar-refractivity contribution in [3.63, 3.8) is 0 Å². The molecule has 34 heavy (non-hydrogen) atoms. The predicted molar refractivity (Wildman–Crippen MR) is 144 cm³/mol. The molecule has 0 bridgehead atoms. The zero-order valence-corrected chi connectivity index (χ0v) is 20.5.